The topological polar surface area (TPSA) is 21.3 Å². The molecule has 0 aliphatic rings. The molecule has 0 spiro atoms. The van der Waals surface area contributed by atoms with E-state index < -0.39 is 0 Å². The van der Waals surface area contributed by atoms with Crippen molar-refractivity contribution in [2.45, 2.75) is 39.7 Å². The zero-order valence-electron chi connectivity index (χ0n) is 12.0. The maximum absolute atomic E-state index is 5.41. The number of hydrogen-bond donors (Lipinski definition) is 1. The fourth-order valence-corrected chi connectivity index (χ4v) is 2.03. The quantitative estimate of drug-likeness (QED) is 0.744. The second kappa shape index (κ2) is 7.93. The van der Waals surface area contributed by atoms with E-state index >= 15 is 0 Å². The monoisotopic (exact) mass is 247 g/mol. The average molecular weight is 247 g/mol. The Balaban J connectivity index is 2.78. The van der Waals surface area contributed by atoms with Gasteiger partial charge in [0.2, 0.25) is 0 Å². The molecule has 0 aromatic heterocycles. The Hall–Kier alpha value is -1.28. The fraction of sp³-hybridized carbons (Fsp3) is 0.500. The van der Waals surface area contributed by atoms with E-state index in [0.717, 1.165) is 25.1 Å². The van der Waals surface area contributed by atoms with Gasteiger partial charge in [0.15, 0.2) is 0 Å². The van der Waals surface area contributed by atoms with Gasteiger partial charge in [-0.25, -0.2) is 0 Å². The van der Waals surface area contributed by atoms with E-state index in [1.807, 2.05) is 12.1 Å². The summed E-state index contributed by atoms with van der Waals surface area (Å²) in [6, 6.07) is 8.62. The molecule has 1 unspecified atom stereocenters. The van der Waals surface area contributed by atoms with Crippen LogP contribution in [0.2, 0.25) is 0 Å². The van der Waals surface area contributed by atoms with E-state index in [0.29, 0.717) is 6.04 Å². The Bertz CT molecular complexity index is 380. The molecule has 1 N–H and O–H groups in total. The van der Waals surface area contributed by atoms with Crippen LogP contribution in [0, 0.1) is 0 Å². The molecule has 0 fully saturated rings. The summed E-state index contributed by atoms with van der Waals surface area (Å²) in [6.07, 6.45) is 4.41. The first-order valence-electron chi connectivity index (χ1n) is 6.67. The van der Waals surface area contributed by atoms with Crippen molar-refractivity contribution in [3.63, 3.8) is 0 Å². The van der Waals surface area contributed by atoms with Crippen LogP contribution in [0.25, 0.3) is 0 Å². The summed E-state index contributed by atoms with van der Waals surface area (Å²) in [6.45, 7) is 7.52. The first-order chi connectivity index (χ1) is 8.67. The summed E-state index contributed by atoms with van der Waals surface area (Å²) in [5, 5.41) is 3.57. The molecule has 0 amide bonds. The van der Waals surface area contributed by atoms with Crippen molar-refractivity contribution in [3.05, 3.63) is 41.5 Å². The Morgan fingerprint density at radius 3 is 2.67 bits per heavy atom. The third-order valence-electron chi connectivity index (χ3n) is 2.82. The highest BCUT2D eigenvalue weighted by Crippen LogP contribution is 2.19. The molecule has 100 valence electrons. The van der Waals surface area contributed by atoms with Crippen LogP contribution in [-0.4, -0.2) is 19.7 Å². The zero-order chi connectivity index (χ0) is 13.4. The lowest BCUT2D eigenvalue weighted by Crippen LogP contribution is -2.30. The summed E-state index contributed by atoms with van der Waals surface area (Å²) < 4.78 is 5.41. The predicted octanol–water partition coefficient (Wildman–Crippen LogP) is 3.57. The Morgan fingerprint density at radius 1 is 1.33 bits per heavy atom. The van der Waals surface area contributed by atoms with Gasteiger partial charge in [0.1, 0.15) is 5.75 Å². The predicted molar refractivity (Wildman–Crippen MR) is 78.2 cm³/mol. The molecule has 0 radical (unpaired) electrons. The van der Waals surface area contributed by atoms with Crippen LogP contribution in [0.3, 0.4) is 0 Å². The van der Waals surface area contributed by atoms with Crippen molar-refractivity contribution in [2.75, 3.05) is 13.7 Å². The summed E-state index contributed by atoms with van der Waals surface area (Å²) in [5.41, 5.74) is 2.60. The van der Waals surface area contributed by atoms with Crippen LogP contribution in [-0.2, 0) is 6.42 Å². The number of hydrogen-bond acceptors (Lipinski definition) is 2. The van der Waals surface area contributed by atoms with Crippen molar-refractivity contribution in [2.24, 2.45) is 0 Å². The molecule has 0 aliphatic heterocycles. The standard InChI is InChI=1S/C16H25NO/c1-5-10-17-15(11-13(2)3)12-14-8-6-7-9-16(14)18-4/h6-9,11,15,17H,5,10,12H2,1-4H3. The number of allylic oxidation sites excluding steroid dienone is 1. The van der Waals surface area contributed by atoms with Gasteiger partial charge in [0, 0.05) is 6.04 Å². The van der Waals surface area contributed by atoms with Crippen LogP contribution in [0.15, 0.2) is 35.9 Å². The van der Waals surface area contributed by atoms with Crippen molar-refractivity contribution >= 4 is 0 Å². The molecular formula is C16H25NO. The van der Waals surface area contributed by atoms with Gasteiger partial charge in [-0.15, -0.1) is 0 Å². The number of benzene rings is 1. The van der Waals surface area contributed by atoms with Gasteiger partial charge in [-0.1, -0.05) is 36.8 Å². The third-order valence-corrected chi connectivity index (χ3v) is 2.82. The van der Waals surface area contributed by atoms with Crippen molar-refractivity contribution in [3.8, 4) is 5.75 Å². The summed E-state index contributed by atoms with van der Waals surface area (Å²) >= 11 is 0. The van der Waals surface area contributed by atoms with Crippen LogP contribution in [0.1, 0.15) is 32.8 Å². The minimum Gasteiger partial charge on any atom is -0.496 e. The van der Waals surface area contributed by atoms with Gasteiger partial charge in [-0.3, -0.25) is 0 Å². The molecule has 0 bridgehead atoms. The Kier molecular flexibility index (Phi) is 6.51. The van der Waals surface area contributed by atoms with Crippen LogP contribution < -0.4 is 10.1 Å². The van der Waals surface area contributed by atoms with Crippen LogP contribution in [0.4, 0.5) is 0 Å². The maximum Gasteiger partial charge on any atom is 0.122 e. The number of nitrogens with one attached hydrogen (secondary N) is 1. The van der Waals surface area contributed by atoms with Gasteiger partial charge >= 0.3 is 0 Å². The van der Waals surface area contributed by atoms with E-state index in [-0.39, 0.29) is 0 Å². The second-order valence-electron chi connectivity index (χ2n) is 4.82. The van der Waals surface area contributed by atoms with Crippen molar-refractivity contribution in [1.82, 2.24) is 5.32 Å². The normalized spacial score (nSPS) is 12.0. The lowest BCUT2D eigenvalue weighted by Gasteiger charge is -2.17. The van der Waals surface area contributed by atoms with Gasteiger partial charge in [-0.2, -0.15) is 0 Å². The molecule has 0 saturated carbocycles. The molecular weight excluding hydrogens is 222 g/mol. The highest BCUT2D eigenvalue weighted by Gasteiger charge is 2.09. The Labute approximate surface area is 111 Å². The van der Waals surface area contributed by atoms with Crippen molar-refractivity contribution < 1.29 is 4.74 Å². The SMILES string of the molecule is CCCNC(C=C(C)C)Cc1ccccc1OC. The molecule has 1 aromatic rings. The maximum atomic E-state index is 5.41. The molecule has 18 heavy (non-hydrogen) atoms. The second-order valence-corrected chi connectivity index (χ2v) is 4.82. The lowest BCUT2D eigenvalue weighted by molar-refractivity contribution is 0.407. The van der Waals surface area contributed by atoms with E-state index in [9.17, 15) is 0 Å². The molecule has 1 aromatic carbocycles. The number of ether oxygens (including phenoxy) is 1. The molecule has 1 rings (SSSR count). The minimum atomic E-state index is 0.381. The van der Waals surface area contributed by atoms with Crippen LogP contribution >= 0.6 is 0 Å². The molecule has 0 saturated heterocycles. The molecule has 0 aliphatic carbocycles. The zero-order valence-corrected chi connectivity index (χ0v) is 12.0. The third kappa shape index (κ3) is 4.92. The molecule has 2 heteroatoms. The first kappa shape index (κ1) is 14.8. The highest BCUT2D eigenvalue weighted by atomic mass is 16.5. The molecule has 1 atom stereocenters. The number of methoxy groups -OCH3 is 1. The Morgan fingerprint density at radius 2 is 2.06 bits per heavy atom. The van der Waals surface area contributed by atoms with Gasteiger partial charge in [0.25, 0.3) is 0 Å². The molecule has 2 nitrogen and oxygen atoms in total. The smallest absolute Gasteiger partial charge is 0.122 e. The largest absolute Gasteiger partial charge is 0.496 e. The summed E-state index contributed by atoms with van der Waals surface area (Å²) in [4.78, 5) is 0. The average Bonchev–Trinajstić information content (AvgIpc) is 2.36. The van der Waals surface area contributed by atoms with E-state index in [1.54, 1.807) is 7.11 Å². The number of para-hydroxylation sites is 1. The lowest BCUT2D eigenvalue weighted by atomic mass is 10.0. The van der Waals surface area contributed by atoms with E-state index in [1.165, 1.54) is 11.1 Å². The van der Waals surface area contributed by atoms with E-state index in [4.69, 9.17) is 4.74 Å². The first-order valence-corrected chi connectivity index (χ1v) is 6.67. The summed E-state index contributed by atoms with van der Waals surface area (Å²) in [5.74, 6) is 0.975. The number of rotatable bonds is 7. The molecule has 0 heterocycles. The van der Waals surface area contributed by atoms with Crippen molar-refractivity contribution in [1.29, 1.82) is 0 Å². The summed E-state index contributed by atoms with van der Waals surface area (Å²) in [7, 11) is 1.73. The van der Waals surface area contributed by atoms with Gasteiger partial charge in [0.05, 0.1) is 7.11 Å². The van der Waals surface area contributed by atoms with Gasteiger partial charge < -0.3 is 10.1 Å². The minimum absolute atomic E-state index is 0.381. The van der Waals surface area contributed by atoms with Gasteiger partial charge in [-0.05, 0) is 44.9 Å². The fourth-order valence-electron chi connectivity index (χ4n) is 2.03. The highest BCUT2D eigenvalue weighted by molar-refractivity contribution is 5.34. The van der Waals surface area contributed by atoms with E-state index in [2.05, 4.69) is 44.3 Å². The van der Waals surface area contributed by atoms with Crippen LogP contribution in [0.5, 0.6) is 5.75 Å².